The summed E-state index contributed by atoms with van der Waals surface area (Å²) in [6.45, 7) is 4.37. The van der Waals surface area contributed by atoms with Crippen molar-refractivity contribution in [3.63, 3.8) is 0 Å². The molecule has 8 heteroatoms. The molecular weight excluding hydrogens is 377 g/mol. The first-order valence-corrected chi connectivity index (χ1v) is 8.37. The third-order valence-corrected chi connectivity index (χ3v) is 4.70. The van der Waals surface area contributed by atoms with E-state index in [2.05, 4.69) is 31.1 Å². The number of nitrogens with zero attached hydrogens (tertiary/aromatic N) is 5. The van der Waals surface area contributed by atoms with Crippen LogP contribution in [0.2, 0.25) is 0 Å². The number of hydrogen-bond acceptors (Lipinski definition) is 4. The Morgan fingerprint density at radius 3 is 2.79 bits per heavy atom. The van der Waals surface area contributed by atoms with Gasteiger partial charge in [-0.05, 0) is 48.0 Å². The van der Waals surface area contributed by atoms with E-state index in [0.717, 1.165) is 16.7 Å². The molecule has 0 aliphatic rings. The molecule has 0 aliphatic carbocycles. The number of benzene rings is 1. The fourth-order valence-electron chi connectivity index (χ4n) is 2.56. The van der Waals surface area contributed by atoms with Crippen molar-refractivity contribution in [3.05, 3.63) is 58.1 Å². The van der Waals surface area contributed by atoms with Crippen molar-refractivity contribution in [1.82, 2.24) is 24.5 Å². The summed E-state index contributed by atoms with van der Waals surface area (Å²) >= 11 is 3.54. The summed E-state index contributed by atoms with van der Waals surface area (Å²) in [5.74, 6) is 0.281. The highest BCUT2D eigenvalue weighted by Gasteiger charge is 2.17. The molecule has 1 aromatic carbocycles. The van der Waals surface area contributed by atoms with Gasteiger partial charge < -0.3 is 5.11 Å². The minimum Gasteiger partial charge on any atom is -0.389 e. The Morgan fingerprint density at radius 2 is 2.12 bits per heavy atom. The largest absolute Gasteiger partial charge is 0.389 e. The van der Waals surface area contributed by atoms with Crippen molar-refractivity contribution in [2.45, 2.75) is 32.9 Å². The topological polar surface area (TPSA) is 68.8 Å². The number of halogens is 2. The van der Waals surface area contributed by atoms with E-state index in [1.807, 2.05) is 11.6 Å². The van der Waals surface area contributed by atoms with Gasteiger partial charge in [0.25, 0.3) is 0 Å². The molecule has 0 saturated carbocycles. The third-order valence-electron chi connectivity index (χ3n) is 3.78. The van der Waals surface area contributed by atoms with Crippen LogP contribution < -0.4 is 0 Å². The number of aromatic nitrogens is 5. The molecule has 3 aromatic rings. The molecule has 3 rings (SSSR count). The highest BCUT2D eigenvalue weighted by atomic mass is 79.9. The Morgan fingerprint density at radius 1 is 1.33 bits per heavy atom. The zero-order valence-corrected chi connectivity index (χ0v) is 14.9. The van der Waals surface area contributed by atoms with Crippen LogP contribution in [0.4, 0.5) is 4.39 Å². The molecule has 0 bridgehead atoms. The van der Waals surface area contributed by atoms with Gasteiger partial charge in [0.05, 0.1) is 18.0 Å². The van der Waals surface area contributed by atoms with Crippen molar-refractivity contribution in [3.8, 4) is 5.69 Å². The van der Waals surface area contributed by atoms with Gasteiger partial charge >= 0.3 is 0 Å². The molecule has 1 N–H and O–H groups in total. The number of hydrogen-bond donors (Lipinski definition) is 1. The summed E-state index contributed by atoms with van der Waals surface area (Å²) in [6, 6.07) is 4.26. The van der Waals surface area contributed by atoms with Crippen molar-refractivity contribution < 1.29 is 9.50 Å². The van der Waals surface area contributed by atoms with E-state index < -0.39 is 11.9 Å². The van der Waals surface area contributed by atoms with Crippen LogP contribution in [0.25, 0.3) is 5.69 Å². The van der Waals surface area contributed by atoms with E-state index in [1.54, 1.807) is 23.9 Å². The second kappa shape index (κ2) is 6.82. The highest BCUT2D eigenvalue weighted by Crippen LogP contribution is 2.25. The SMILES string of the molecule is CCn1ncc(Cc2ncnn2-c2ccc(F)cc2C(C)O)c1Br. The fraction of sp³-hybridized carbons (Fsp3) is 0.312. The first kappa shape index (κ1) is 16.8. The zero-order valence-electron chi connectivity index (χ0n) is 13.3. The number of aryl methyl sites for hydroxylation is 1. The second-order valence-electron chi connectivity index (χ2n) is 5.42. The predicted octanol–water partition coefficient (Wildman–Crippen LogP) is 3.03. The molecule has 0 spiro atoms. The molecule has 2 heterocycles. The van der Waals surface area contributed by atoms with Gasteiger partial charge in [-0.1, -0.05) is 0 Å². The van der Waals surface area contributed by atoms with Gasteiger partial charge in [0, 0.05) is 24.1 Å². The molecule has 0 amide bonds. The Bertz CT molecular complexity index is 858. The van der Waals surface area contributed by atoms with Crippen LogP contribution in [0.3, 0.4) is 0 Å². The number of aliphatic hydroxyl groups excluding tert-OH is 1. The minimum absolute atomic E-state index is 0.400. The van der Waals surface area contributed by atoms with E-state index in [1.165, 1.54) is 18.5 Å². The zero-order chi connectivity index (χ0) is 17.3. The molecule has 24 heavy (non-hydrogen) atoms. The molecule has 6 nitrogen and oxygen atoms in total. The maximum Gasteiger partial charge on any atom is 0.138 e. The van der Waals surface area contributed by atoms with E-state index in [-0.39, 0.29) is 0 Å². The highest BCUT2D eigenvalue weighted by molar-refractivity contribution is 9.10. The average molecular weight is 394 g/mol. The molecular formula is C16H17BrFN5O. The van der Waals surface area contributed by atoms with E-state index in [0.29, 0.717) is 23.5 Å². The molecule has 2 aromatic heterocycles. The third kappa shape index (κ3) is 3.11. The maximum absolute atomic E-state index is 13.5. The van der Waals surface area contributed by atoms with Crippen molar-refractivity contribution >= 4 is 15.9 Å². The van der Waals surface area contributed by atoms with Crippen LogP contribution in [-0.4, -0.2) is 29.7 Å². The smallest absolute Gasteiger partial charge is 0.138 e. The Balaban J connectivity index is 2.01. The second-order valence-corrected chi connectivity index (χ2v) is 6.17. The van der Waals surface area contributed by atoms with Gasteiger partial charge in [-0.2, -0.15) is 10.2 Å². The molecule has 0 saturated heterocycles. The van der Waals surface area contributed by atoms with Gasteiger partial charge in [-0.15, -0.1) is 0 Å². The van der Waals surface area contributed by atoms with E-state index >= 15 is 0 Å². The van der Waals surface area contributed by atoms with Crippen molar-refractivity contribution in [2.24, 2.45) is 0 Å². The average Bonchev–Trinajstić information content (AvgIpc) is 3.15. The fourth-order valence-corrected chi connectivity index (χ4v) is 3.14. The quantitative estimate of drug-likeness (QED) is 0.723. The van der Waals surface area contributed by atoms with Crippen molar-refractivity contribution in [2.75, 3.05) is 0 Å². The molecule has 0 aliphatic heterocycles. The lowest BCUT2D eigenvalue weighted by molar-refractivity contribution is 0.198. The maximum atomic E-state index is 13.5. The van der Waals surface area contributed by atoms with Crippen LogP contribution in [0.15, 0.2) is 35.3 Å². The number of aliphatic hydroxyl groups is 1. The van der Waals surface area contributed by atoms with Crippen LogP contribution in [0.1, 0.15) is 36.9 Å². The summed E-state index contributed by atoms with van der Waals surface area (Å²) in [5, 5.41) is 18.5. The Kier molecular flexibility index (Phi) is 4.77. The molecule has 1 atom stereocenters. The summed E-state index contributed by atoms with van der Waals surface area (Å²) in [7, 11) is 0. The minimum atomic E-state index is -0.817. The van der Waals surface area contributed by atoms with E-state index in [4.69, 9.17) is 0 Å². The molecule has 0 radical (unpaired) electrons. The lowest BCUT2D eigenvalue weighted by Gasteiger charge is -2.13. The van der Waals surface area contributed by atoms with Gasteiger partial charge in [-0.25, -0.2) is 14.1 Å². The molecule has 126 valence electrons. The van der Waals surface area contributed by atoms with Gasteiger partial charge in [0.15, 0.2) is 0 Å². The molecule has 0 fully saturated rings. The van der Waals surface area contributed by atoms with Crippen molar-refractivity contribution in [1.29, 1.82) is 0 Å². The predicted molar refractivity (Wildman–Crippen MR) is 90.4 cm³/mol. The summed E-state index contributed by atoms with van der Waals surface area (Å²) in [4.78, 5) is 4.31. The van der Waals surface area contributed by atoms with Crippen LogP contribution in [0.5, 0.6) is 0 Å². The van der Waals surface area contributed by atoms with Crippen LogP contribution in [0, 0.1) is 5.82 Å². The van der Waals surface area contributed by atoms with E-state index in [9.17, 15) is 9.50 Å². The van der Waals surface area contributed by atoms with Crippen LogP contribution in [-0.2, 0) is 13.0 Å². The lowest BCUT2D eigenvalue weighted by Crippen LogP contribution is -2.09. The summed E-state index contributed by atoms with van der Waals surface area (Å²) in [5.41, 5.74) is 2.05. The van der Waals surface area contributed by atoms with Gasteiger partial charge in [0.2, 0.25) is 0 Å². The number of rotatable bonds is 5. The van der Waals surface area contributed by atoms with Crippen LogP contribution >= 0.6 is 15.9 Å². The normalized spacial score (nSPS) is 12.5. The van der Waals surface area contributed by atoms with Gasteiger partial charge in [-0.3, -0.25) is 4.68 Å². The summed E-state index contributed by atoms with van der Waals surface area (Å²) in [6.07, 6.45) is 2.93. The lowest BCUT2D eigenvalue weighted by atomic mass is 10.1. The van der Waals surface area contributed by atoms with Gasteiger partial charge in [0.1, 0.15) is 22.6 Å². The monoisotopic (exact) mass is 393 g/mol. The molecule has 1 unspecified atom stereocenters. The standard InChI is InChI=1S/C16H17BrFN5O/c1-3-22-16(17)11(8-20-22)6-15-19-9-21-23(15)14-5-4-12(18)7-13(14)10(2)24/h4-5,7-10,24H,3,6H2,1-2H3. The Labute approximate surface area is 147 Å². The summed E-state index contributed by atoms with van der Waals surface area (Å²) < 4.78 is 17.9. The first-order valence-electron chi connectivity index (χ1n) is 7.58. The first-order chi connectivity index (χ1) is 11.5. The Hall–Kier alpha value is -2.06.